The van der Waals surface area contributed by atoms with Crippen LogP contribution in [0, 0.1) is 5.92 Å². The predicted octanol–water partition coefficient (Wildman–Crippen LogP) is -0.114. The highest BCUT2D eigenvalue weighted by Crippen LogP contribution is 1.90. The molecule has 0 amide bonds. The molecule has 1 aromatic heterocycles. The number of aromatic nitrogens is 3. The second-order valence-corrected chi connectivity index (χ2v) is 3.51. The Labute approximate surface area is 84.1 Å². The first-order valence-corrected chi connectivity index (χ1v) is 4.98. The van der Waals surface area contributed by atoms with Crippen molar-refractivity contribution in [2.45, 2.75) is 19.9 Å². The third-order valence-corrected chi connectivity index (χ3v) is 2.02. The zero-order valence-corrected chi connectivity index (χ0v) is 8.56. The summed E-state index contributed by atoms with van der Waals surface area (Å²) < 4.78 is 1.82. The second kappa shape index (κ2) is 6.50. The molecule has 1 heterocycles. The van der Waals surface area contributed by atoms with E-state index in [-0.39, 0.29) is 6.61 Å². The highest BCUT2D eigenvalue weighted by Gasteiger charge is 1.98. The Morgan fingerprint density at radius 3 is 3.07 bits per heavy atom. The molecule has 0 spiro atoms. The maximum atomic E-state index is 8.78. The van der Waals surface area contributed by atoms with E-state index in [0.717, 1.165) is 26.1 Å². The molecule has 0 aliphatic carbocycles. The maximum absolute atomic E-state index is 8.78. The largest absolute Gasteiger partial charge is 0.396 e. The minimum atomic E-state index is 0.246. The SMILES string of the molecule is CC(CO)CNCCCn1ccnn1. The van der Waals surface area contributed by atoms with Crippen LogP contribution in [0.1, 0.15) is 13.3 Å². The number of hydrogen-bond acceptors (Lipinski definition) is 4. The van der Waals surface area contributed by atoms with Crippen LogP contribution in [0.4, 0.5) is 0 Å². The van der Waals surface area contributed by atoms with Gasteiger partial charge in [-0.1, -0.05) is 12.1 Å². The molecule has 1 rings (SSSR count). The Kier molecular flexibility index (Phi) is 5.17. The van der Waals surface area contributed by atoms with Gasteiger partial charge in [-0.3, -0.25) is 4.68 Å². The van der Waals surface area contributed by atoms with Crippen molar-refractivity contribution < 1.29 is 5.11 Å². The van der Waals surface area contributed by atoms with Gasteiger partial charge >= 0.3 is 0 Å². The molecule has 1 unspecified atom stereocenters. The fourth-order valence-corrected chi connectivity index (χ4v) is 1.13. The van der Waals surface area contributed by atoms with Crippen LogP contribution in [0.3, 0.4) is 0 Å². The number of nitrogens with zero attached hydrogens (tertiary/aromatic N) is 3. The van der Waals surface area contributed by atoms with Gasteiger partial charge in [0, 0.05) is 19.3 Å². The van der Waals surface area contributed by atoms with E-state index >= 15 is 0 Å². The van der Waals surface area contributed by atoms with Crippen LogP contribution < -0.4 is 5.32 Å². The summed E-state index contributed by atoms with van der Waals surface area (Å²) in [7, 11) is 0. The van der Waals surface area contributed by atoms with E-state index in [1.165, 1.54) is 0 Å². The zero-order chi connectivity index (χ0) is 10.2. The van der Waals surface area contributed by atoms with E-state index in [4.69, 9.17) is 5.11 Å². The third-order valence-electron chi connectivity index (χ3n) is 2.02. The van der Waals surface area contributed by atoms with Crippen LogP contribution in [-0.2, 0) is 6.54 Å². The van der Waals surface area contributed by atoms with Crippen molar-refractivity contribution in [2.75, 3.05) is 19.7 Å². The number of rotatable bonds is 7. The topological polar surface area (TPSA) is 63.0 Å². The lowest BCUT2D eigenvalue weighted by molar-refractivity contribution is 0.233. The Bertz CT molecular complexity index is 225. The van der Waals surface area contributed by atoms with Crippen LogP contribution in [0.15, 0.2) is 12.4 Å². The van der Waals surface area contributed by atoms with Crippen molar-refractivity contribution >= 4 is 0 Å². The van der Waals surface area contributed by atoms with Crippen molar-refractivity contribution in [3.63, 3.8) is 0 Å². The fourth-order valence-electron chi connectivity index (χ4n) is 1.13. The van der Waals surface area contributed by atoms with Crippen LogP contribution in [0.2, 0.25) is 0 Å². The summed E-state index contributed by atoms with van der Waals surface area (Å²) in [6, 6.07) is 0. The number of nitrogens with one attached hydrogen (secondary N) is 1. The highest BCUT2D eigenvalue weighted by molar-refractivity contribution is 4.64. The summed E-state index contributed by atoms with van der Waals surface area (Å²) in [4.78, 5) is 0. The van der Waals surface area contributed by atoms with Gasteiger partial charge in [0.25, 0.3) is 0 Å². The molecule has 2 N–H and O–H groups in total. The van der Waals surface area contributed by atoms with Gasteiger partial charge in [-0.05, 0) is 25.4 Å². The summed E-state index contributed by atoms with van der Waals surface area (Å²) >= 11 is 0. The van der Waals surface area contributed by atoms with E-state index in [0.29, 0.717) is 5.92 Å². The summed E-state index contributed by atoms with van der Waals surface area (Å²) in [5.74, 6) is 0.335. The molecular weight excluding hydrogens is 180 g/mol. The van der Waals surface area contributed by atoms with Crippen LogP contribution in [0.5, 0.6) is 0 Å². The van der Waals surface area contributed by atoms with Gasteiger partial charge in [-0.25, -0.2) is 0 Å². The molecule has 5 heteroatoms. The monoisotopic (exact) mass is 198 g/mol. The first-order valence-electron chi connectivity index (χ1n) is 4.98. The molecule has 0 saturated carbocycles. The van der Waals surface area contributed by atoms with Crippen molar-refractivity contribution in [3.05, 3.63) is 12.4 Å². The van der Waals surface area contributed by atoms with Gasteiger partial charge in [-0.15, -0.1) is 5.10 Å². The van der Waals surface area contributed by atoms with Crippen molar-refractivity contribution in [1.29, 1.82) is 0 Å². The first kappa shape index (κ1) is 11.1. The number of aliphatic hydroxyl groups is 1. The standard InChI is InChI=1S/C9H18N4O/c1-9(8-14)7-10-3-2-5-13-6-4-11-12-13/h4,6,9-10,14H,2-3,5,7-8H2,1H3. The van der Waals surface area contributed by atoms with Crippen LogP contribution in [0.25, 0.3) is 0 Å². The minimum absolute atomic E-state index is 0.246. The Balaban J connectivity index is 1.95. The molecule has 5 nitrogen and oxygen atoms in total. The lowest BCUT2D eigenvalue weighted by Crippen LogP contribution is -2.24. The summed E-state index contributed by atoms with van der Waals surface area (Å²) in [5, 5.41) is 19.6. The minimum Gasteiger partial charge on any atom is -0.396 e. The number of aryl methyl sites for hydroxylation is 1. The lowest BCUT2D eigenvalue weighted by Gasteiger charge is -2.08. The Morgan fingerprint density at radius 2 is 2.43 bits per heavy atom. The lowest BCUT2D eigenvalue weighted by atomic mass is 10.2. The molecule has 0 aliphatic rings. The average Bonchev–Trinajstić information content (AvgIpc) is 2.69. The van der Waals surface area contributed by atoms with Crippen molar-refractivity contribution in [2.24, 2.45) is 5.92 Å². The molecule has 0 aromatic carbocycles. The van der Waals surface area contributed by atoms with Gasteiger partial charge in [0.05, 0.1) is 6.20 Å². The zero-order valence-electron chi connectivity index (χ0n) is 8.56. The number of aliphatic hydroxyl groups excluding tert-OH is 1. The van der Waals surface area contributed by atoms with E-state index in [1.54, 1.807) is 6.20 Å². The normalized spacial score (nSPS) is 13.0. The predicted molar refractivity (Wildman–Crippen MR) is 53.8 cm³/mol. The van der Waals surface area contributed by atoms with E-state index in [9.17, 15) is 0 Å². The summed E-state index contributed by atoms with van der Waals surface area (Å²) in [6.45, 7) is 4.97. The van der Waals surface area contributed by atoms with Crippen molar-refractivity contribution in [3.8, 4) is 0 Å². The molecule has 0 radical (unpaired) electrons. The molecule has 0 bridgehead atoms. The van der Waals surface area contributed by atoms with E-state index < -0.39 is 0 Å². The molecule has 1 aromatic rings. The Hall–Kier alpha value is -0.940. The molecule has 1 atom stereocenters. The average molecular weight is 198 g/mol. The molecular formula is C9H18N4O. The van der Waals surface area contributed by atoms with Crippen LogP contribution in [-0.4, -0.2) is 39.8 Å². The number of hydrogen-bond donors (Lipinski definition) is 2. The van der Waals surface area contributed by atoms with Crippen molar-refractivity contribution in [1.82, 2.24) is 20.3 Å². The molecule has 14 heavy (non-hydrogen) atoms. The molecule has 0 fully saturated rings. The van der Waals surface area contributed by atoms with E-state index in [1.807, 2.05) is 17.8 Å². The molecule has 0 aliphatic heterocycles. The van der Waals surface area contributed by atoms with E-state index in [2.05, 4.69) is 15.6 Å². The van der Waals surface area contributed by atoms with Gasteiger partial charge in [0.15, 0.2) is 0 Å². The van der Waals surface area contributed by atoms with Gasteiger partial charge in [0.2, 0.25) is 0 Å². The molecule has 0 saturated heterocycles. The smallest absolute Gasteiger partial charge is 0.0692 e. The summed E-state index contributed by atoms with van der Waals surface area (Å²) in [6.07, 6.45) is 4.57. The second-order valence-electron chi connectivity index (χ2n) is 3.51. The highest BCUT2D eigenvalue weighted by atomic mass is 16.3. The maximum Gasteiger partial charge on any atom is 0.0692 e. The summed E-state index contributed by atoms with van der Waals surface area (Å²) in [5.41, 5.74) is 0. The van der Waals surface area contributed by atoms with Crippen LogP contribution >= 0.6 is 0 Å². The first-order chi connectivity index (χ1) is 6.83. The Morgan fingerprint density at radius 1 is 1.57 bits per heavy atom. The molecule has 80 valence electrons. The quantitative estimate of drug-likeness (QED) is 0.600. The van der Waals surface area contributed by atoms with Gasteiger partial charge < -0.3 is 10.4 Å². The third kappa shape index (κ3) is 4.34. The fraction of sp³-hybridized carbons (Fsp3) is 0.778. The van der Waals surface area contributed by atoms with Gasteiger partial charge in [-0.2, -0.15) is 0 Å². The van der Waals surface area contributed by atoms with Gasteiger partial charge in [0.1, 0.15) is 0 Å².